The average Bonchev–Trinajstić information content (AvgIpc) is 3.60. The molecule has 1 aliphatic carbocycles. The lowest BCUT2D eigenvalue weighted by atomic mass is 10.0. The Bertz CT molecular complexity index is 1360. The summed E-state index contributed by atoms with van der Waals surface area (Å²) in [5.41, 5.74) is 2.31. The Morgan fingerprint density at radius 3 is 2.57 bits per heavy atom. The molecule has 37 heavy (non-hydrogen) atoms. The molecule has 12 heteroatoms. The van der Waals surface area contributed by atoms with Crippen molar-refractivity contribution in [3.63, 3.8) is 0 Å². The van der Waals surface area contributed by atoms with Gasteiger partial charge in [0.25, 0.3) is 11.8 Å². The highest BCUT2D eigenvalue weighted by atomic mass is 32.2. The van der Waals surface area contributed by atoms with Crippen LogP contribution in [0.1, 0.15) is 57.4 Å². The second kappa shape index (κ2) is 9.89. The standard InChI is InChI=1S/C25H31N5O6S/c1-24(15-31,16-36-3)37(34,35)25(9-10-25)14-30-11-8-19-20(28-29(2)21(19)23(30)33)22(32)27-13-18-6-4-17(12-26)5-7-18/h4-7,31H,8-11,13-16H2,1-3H3,(H,27,32)/t24-/m1/s1. The third-order valence-corrected chi connectivity index (χ3v) is 10.5. The number of nitrogens with zero attached hydrogens (tertiary/aromatic N) is 4. The smallest absolute Gasteiger partial charge is 0.272 e. The van der Waals surface area contributed by atoms with Gasteiger partial charge in [-0.2, -0.15) is 10.4 Å². The van der Waals surface area contributed by atoms with Gasteiger partial charge in [-0.25, -0.2) is 8.42 Å². The van der Waals surface area contributed by atoms with Crippen molar-refractivity contribution in [2.45, 2.75) is 42.2 Å². The van der Waals surface area contributed by atoms with Crippen LogP contribution in [0.2, 0.25) is 0 Å². The van der Waals surface area contributed by atoms with Crippen LogP contribution in [0.25, 0.3) is 0 Å². The molecule has 2 aromatic rings. The van der Waals surface area contributed by atoms with Gasteiger partial charge in [0.15, 0.2) is 15.5 Å². The number of ether oxygens (including phenoxy) is 1. The number of benzene rings is 1. The number of sulfone groups is 1. The number of aryl methyl sites for hydroxylation is 1. The number of carbonyl (C=O) groups excluding carboxylic acids is 2. The Morgan fingerprint density at radius 1 is 1.32 bits per heavy atom. The first kappa shape index (κ1) is 26.8. The molecule has 0 saturated heterocycles. The normalized spacial score (nSPS) is 18.0. The Hall–Kier alpha value is -3.27. The predicted octanol–water partition coefficient (Wildman–Crippen LogP) is 0.565. The van der Waals surface area contributed by atoms with E-state index in [1.54, 1.807) is 31.3 Å². The van der Waals surface area contributed by atoms with Gasteiger partial charge in [0.1, 0.15) is 10.4 Å². The second-order valence-corrected chi connectivity index (χ2v) is 12.9. The summed E-state index contributed by atoms with van der Waals surface area (Å²) in [6, 6.07) is 8.89. The maximum absolute atomic E-state index is 13.5. The van der Waals surface area contributed by atoms with Crippen LogP contribution in [-0.2, 0) is 34.6 Å². The third kappa shape index (κ3) is 4.63. The number of fused-ring (bicyclic) bond motifs is 1. The Morgan fingerprint density at radius 2 is 2.00 bits per heavy atom. The highest BCUT2D eigenvalue weighted by Gasteiger charge is 2.62. The number of nitrogens with one attached hydrogen (secondary N) is 1. The molecule has 2 aliphatic rings. The van der Waals surface area contributed by atoms with E-state index in [4.69, 9.17) is 10.00 Å². The van der Waals surface area contributed by atoms with Gasteiger partial charge in [0, 0.05) is 39.4 Å². The maximum atomic E-state index is 13.5. The molecule has 1 aromatic carbocycles. The fraction of sp³-hybridized carbons (Fsp3) is 0.520. The molecule has 2 N–H and O–H groups in total. The maximum Gasteiger partial charge on any atom is 0.272 e. The minimum Gasteiger partial charge on any atom is -0.395 e. The number of aliphatic hydroxyl groups excluding tert-OH is 1. The third-order valence-electron chi connectivity index (χ3n) is 7.31. The first-order valence-corrected chi connectivity index (χ1v) is 13.5. The SMILES string of the molecule is COC[C@@](C)(CO)S(=O)(=O)C1(CN2CCc3c(C(=O)NCc4ccc(C#N)cc4)nn(C)c3C2=O)CC1. The van der Waals surface area contributed by atoms with E-state index in [0.29, 0.717) is 30.4 Å². The quantitative estimate of drug-likeness (QED) is 0.453. The zero-order valence-electron chi connectivity index (χ0n) is 21.2. The number of nitriles is 1. The molecule has 1 aliphatic heterocycles. The van der Waals surface area contributed by atoms with Gasteiger partial charge < -0.3 is 20.1 Å². The molecular weight excluding hydrogens is 498 g/mol. The summed E-state index contributed by atoms with van der Waals surface area (Å²) >= 11 is 0. The van der Waals surface area contributed by atoms with Crippen molar-refractivity contribution in [3.05, 3.63) is 52.3 Å². The number of aromatic nitrogens is 2. The van der Waals surface area contributed by atoms with Gasteiger partial charge in [0.2, 0.25) is 0 Å². The van der Waals surface area contributed by atoms with Crippen LogP contribution in [0.5, 0.6) is 0 Å². The van der Waals surface area contributed by atoms with E-state index in [9.17, 15) is 23.1 Å². The molecule has 0 bridgehead atoms. The van der Waals surface area contributed by atoms with Gasteiger partial charge in [-0.1, -0.05) is 12.1 Å². The molecule has 2 amide bonds. The van der Waals surface area contributed by atoms with Gasteiger partial charge in [0.05, 0.1) is 29.6 Å². The van der Waals surface area contributed by atoms with Crippen molar-refractivity contribution in [3.8, 4) is 6.07 Å². The van der Waals surface area contributed by atoms with E-state index in [2.05, 4.69) is 10.4 Å². The summed E-state index contributed by atoms with van der Waals surface area (Å²) < 4.78 is 30.9. The van der Waals surface area contributed by atoms with E-state index < -0.39 is 31.8 Å². The molecule has 0 unspecified atom stereocenters. The molecule has 4 rings (SSSR count). The Labute approximate surface area is 215 Å². The molecule has 198 valence electrons. The van der Waals surface area contributed by atoms with Gasteiger partial charge >= 0.3 is 0 Å². The molecule has 1 atom stereocenters. The van der Waals surface area contributed by atoms with Crippen LogP contribution < -0.4 is 5.32 Å². The second-order valence-electron chi connectivity index (χ2n) is 9.99. The van der Waals surface area contributed by atoms with Crippen molar-refractivity contribution in [2.24, 2.45) is 7.05 Å². The van der Waals surface area contributed by atoms with Crippen molar-refractivity contribution >= 4 is 21.7 Å². The number of amides is 2. The zero-order chi connectivity index (χ0) is 27.0. The fourth-order valence-corrected chi connectivity index (χ4v) is 7.36. The van der Waals surface area contributed by atoms with Crippen LogP contribution in [0, 0.1) is 11.3 Å². The Kier molecular flexibility index (Phi) is 7.16. The summed E-state index contributed by atoms with van der Waals surface area (Å²) in [5, 5.41) is 25.9. The summed E-state index contributed by atoms with van der Waals surface area (Å²) in [6.45, 7) is 1.25. The lowest BCUT2D eigenvalue weighted by Gasteiger charge is -2.35. The minimum atomic E-state index is -3.83. The highest BCUT2D eigenvalue weighted by molar-refractivity contribution is 7.94. The molecule has 11 nitrogen and oxygen atoms in total. The summed E-state index contributed by atoms with van der Waals surface area (Å²) in [6.07, 6.45) is 1.17. The molecule has 0 radical (unpaired) electrons. The average molecular weight is 530 g/mol. The number of hydrogen-bond donors (Lipinski definition) is 2. The number of hydrogen-bond acceptors (Lipinski definition) is 8. The summed E-state index contributed by atoms with van der Waals surface area (Å²) in [4.78, 5) is 27.9. The summed E-state index contributed by atoms with van der Waals surface area (Å²) in [5.74, 6) is -0.789. The van der Waals surface area contributed by atoms with Crippen LogP contribution >= 0.6 is 0 Å². The van der Waals surface area contributed by atoms with Crippen molar-refractivity contribution in [1.82, 2.24) is 20.0 Å². The molecular formula is C25H31N5O6S. The van der Waals surface area contributed by atoms with Gasteiger partial charge in [-0.15, -0.1) is 0 Å². The largest absolute Gasteiger partial charge is 0.395 e. The van der Waals surface area contributed by atoms with E-state index in [0.717, 1.165) is 5.56 Å². The van der Waals surface area contributed by atoms with E-state index >= 15 is 0 Å². The van der Waals surface area contributed by atoms with Crippen molar-refractivity contribution in [2.75, 3.05) is 33.4 Å². The topological polar surface area (TPSA) is 155 Å². The number of aliphatic hydroxyl groups is 1. The molecule has 1 fully saturated rings. The van der Waals surface area contributed by atoms with Crippen LogP contribution in [-0.4, -0.2) is 82.9 Å². The molecule has 0 spiro atoms. The molecule has 2 heterocycles. The van der Waals surface area contributed by atoms with Crippen molar-refractivity contribution in [1.29, 1.82) is 5.26 Å². The number of carbonyl (C=O) groups is 2. The van der Waals surface area contributed by atoms with Crippen molar-refractivity contribution < 1.29 is 27.9 Å². The highest BCUT2D eigenvalue weighted by Crippen LogP contribution is 2.49. The van der Waals surface area contributed by atoms with E-state index in [1.165, 1.54) is 23.6 Å². The summed E-state index contributed by atoms with van der Waals surface area (Å²) in [7, 11) is -0.857. The Balaban J connectivity index is 1.50. The molecule has 1 saturated carbocycles. The van der Waals surface area contributed by atoms with E-state index in [-0.39, 0.29) is 43.5 Å². The van der Waals surface area contributed by atoms with Crippen LogP contribution in [0.3, 0.4) is 0 Å². The predicted molar refractivity (Wildman–Crippen MR) is 133 cm³/mol. The monoisotopic (exact) mass is 529 g/mol. The first-order chi connectivity index (χ1) is 17.5. The first-order valence-electron chi connectivity index (χ1n) is 12.0. The van der Waals surface area contributed by atoms with Gasteiger partial charge in [-0.05, 0) is 43.9 Å². The van der Waals surface area contributed by atoms with Crippen LogP contribution in [0.4, 0.5) is 0 Å². The fourth-order valence-electron chi connectivity index (χ4n) is 4.90. The lowest BCUT2D eigenvalue weighted by molar-refractivity contribution is 0.0723. The lowest BCUT2D eigenvalue weighted by Crippen LogP contribution is -2.54. The number of methoxy groups -OCH3 is 1. The molecule has 1 aromatic heterocycles. The zero-order valence-corrected chi connectivity index (χ0v) is 22.0. The minimum absolute atomic E-state index is 0.0122. The van der Waals surface area contributed by atoms with Gasteiger partial charge in [-0.3, -0.25) is 14.3 Å². The number of rotatable bonds is 10. The van der Waals surface area contributed by atoms with E-state index in [1.807, 2.05) is 6.07 Å². The van der Waals surface area contributed by atoms with Crippen LogP contribution in [0.15, 0.2) is 24.3 Å².